The number of anilines is 1. The average molecular weight is 268 g/mol. The Hall–Kier alpha value is -1.40. The molecule has 0 saturated heterocycles. The second-order valence-electron chi connectivity index (χ2n) is 4.32. The summed E-state index contributed by atoms with van der Waals surface area (Å²) in [5.74, 6) is -0.0954. The van der Waals surface area contributed by atoms with Crippen molar-refractivity contribution in [2.24, 2.45) is 0 Å². The van der Waals surface area contributed by atoms with E-state index in [9.17, 15) is 13.2 Å². The third-order valence-corrected chi connectivity index (χ3v) is 4.66. The summed E-state index contributed by atoms with van der Waals surface area (Å²) >= 11 is 0. The first-order valence-electron chi connectivity index (χ1n) is 5.74. The number of nitrogens with one attached hydrogen (secondary N) is 1. The molecule has 2 rings (SSSR count). The Labute approximate surface area is 107 Å². The Morgan fingerprint density at radius 3 is 2.78 bits per heavy atom. The quantitative estimate of drug-likeness (QED) is 0.869. The first kappa shape index (κ1) is 13.0. The molecule has 0 fully saturated rings. The number of hydrogen-bond donors (Lipinski definition) is 1. The summed E-state index contributed by atoms with van der Waals surface area (Å²) in [5, 5.41) is 2.65. The summed E-state index contributed by atoms with van der Waals surface area (Å²) in [6, 6.07) is 4.95. The van der Waals surface area contributed by atoms with Crippen molar-refractivity contribution >= 4 is 21.4 Å². The fourth-order valence-corrected chi connectivity index (χ4v) is 3.32. The third kappa shape index (κ3) is 2.26. The number of benzene rings is 1. The molecule has 1 amide bonds. The molecule has 6 heteroatoms. The zero-order chi connectivity index (χ0) is 13.3. The molecule has 5 nitrogen and oxygen atoms in total. The molecule has 0 aliphatic carbocycles. The fraction of sp³-hybridized carbons (Fsp3) is 0.417. The SMILES string of the molecule is CNCS(=O)(=O)c1ccc2c(c1)CCN2C(C)=O. The summed E-state index contributed by atoms with van der Waals surface area (Å²) in [6.07, 6.45) is 0.706. The molecule has 0 saturated carbocycles. The van der Waals surface area contributed by atoms with E-state index in [0.717, 1.165) is 11.3 Å². The highest BCUT2D eigenvalue weighted by Crippen LogP contribution is 2.30. The molecule has 1 aliphatic rings. The number of fused-ring (bicyclic) bond motifs is 1. The number of nitrogens with zero attached hydrogens (tertiary/aromatic N) is 1. The van der Waals surface area contributed by atoms with Crippen molar-refractivity contribution in [1.29, 1.82) is 0 Å². The number of carbonyl (C=O) groups is 1. The summed E-state index contributed by atoms with van der Waals surface area (Å²) in [7, 11) is -1.68. The highest BCUT2D eigenvalue weighted by Gasteiger charge is 2.24. The van der Waals surface area contributed by atoms with Crippen LogP contribution in [0, 0.1) is 0 Å². The van der Waals surface area contributed by atoms with E-state index < -0.39 is 9.84 Å². The van der Waals surface area contributed by atoms with Crippen LogP contribution in [0.25, 0.3) is 0 Å². The number of sulfone groups is 1. The lowest BCUT2D eigenvalue weighted by Gasteiger charge is -2.14. The van der Waals surface area contributed by atoms with Crippen LogP contribution in [0.3, 0.4) is 0 Å². The van der Waals surface area contributed by atoms with Crippen LogP contribution in [-0.2, 0) is 21.1 Å². The van der Waals surface area contributed by atoms with Crippen molar-refractivity contribution in [3.63, 3.8) is 0 Å². The molecule has 0 aromatic heterocycles. The van der Waals surface area contributed by atoms with E-state index >= 15 is 0 Å². The van der Waals surface area contributed by atoms with E-state index in [1.54, 1.807) is 30.1 Å². The predicted octanol–water partition coefficient (Wildman–Crippen LogP) is 0.546. The van der Waals surface area contributed by atoms with E-state index in [1.165, 1.54) is 6.92 Å². The van der Waals surface area contributed by atoms with Crippen LogP contribution in [0.1, 0.15) is 12.5 Å². The Balaban J connectivity index is 2.39. The van der Waals surface area contributed by atoms with Crippen molar-refractivity contribution in [2.45, 2.75) is 18.2 Å². The van der Waals surface area contributed by atoms with Crippen LogP contribution in [0.5, 0.6) is 0 Å². The van der Waals surface area contributed by atoms with Gasteiger partial charge in [-0.05, 0) is 37.2 Å². The highest BCUT2D eigenvalue weighted by atomic mass is 32.2. The van der Waals surface area contributed by atoms with Gasteiger partial charge in [0.1, 0.15) is 5.88 Å². The van der Waals surface area contributed by atoms with E-state index in [4.69, 9.17) is 0 Å². The van der Waals surface area contributed by atoms with Crippen LogP contribution in [-0.4, -0.2) is 33.8 Å². The average Bonchev–Trinajstić information content (AvgIpc) is 2.71. The van der Waals surface area contributed by atoms with Gasteiger partial charge in [0, 0.05) is 19.2 Å². The van der Waals surface area contributed by atoms with Crippen molar-refractivity contribution in [2.75, 3.05) is 24.4 Å². The Morgan fingerprint density at radius 1 is 1.44 bits per heavy atom. The van der Waals surface area contributed by atoms with Gasteiger partial charge in [-0.2, -0.15) is 0 Å². The normalized spacial score (nSPS) is 14.7. The standard InChI is InChI=1S/C12H16N2O3S/c1-9(15)14-6-5-10-7-11(3-4-12(10)14)18(16,17)8-13-2/h3-4,7,13H,5-6,8H2,1-2H3. The molecule has 0 atom stereocenters. The molecule has 18 heavy (non-hydrogen) atoms. The predicted molar refractivity (Wildman–Crippen MR) is 69.3 cm³/mol. The van der Waals surface area contributed by atoms with E-state index in [-0.39, 0.29) is 11.8 Å². The Kier molecular flexibility index (Phi) is 3.41. The topological polar surface area (TPSA) is 66.5 Å². The number of amides is 1. The lowest BCUT2D eigenvalue weighted by atomic mass is 10.2. The first-order valence-corrected chi connectivity index (χ1v) is 7.39. The molecular formula is C12H16N2O3S. The van der Waals surface area contributed by atoms with Crippen molar-refractivity contribution in [3.05, 3.63) is 23.8 Å². The van der Waals surface area contributed by atoms with E-state index in [1.807, 2.05) is 0 Å². The zero-order valence-corrected chi connectivity index (χ0v) is 11.3. The molecule has 98 valence electrons. The van der Waals surface area contributed by atoms with Gasteiger partial charge in [-0.15, -0.1) is 0 Å². The van der Waals surface area contributed by atoms with Gasteiger partial charge in [-0.3, -0.25) is 4.79 Å². The summed E-state index contributed by atoms with van der Waals surface area (Å²) in [6.45, 7) is 2.14. The number of hydrogen-bond acceptors (Lipinski definition) is 4. The van der Waals surface area contributed by atoms with E-state index in [0.29, 0.717) is 17.9 Å². The lowest BCUT2D eigenvalue weighted by molar-refractivity contribution is -0.116. The van der Waals surface area contributed by atoms with Crippen LogP contribution in [0.15, 0.2) is 23.1 Å². The van der Waals surface area contributed by atoms with Crippen LogP contribution in [0.2, 0.25) is 0 Å². The van der Waals surface area contributed by atoms with E-state index in [2.05, 4.69) is 5.32 Å². The molecular weight excluding hydrogens is 252 g/mol. The van der Waals surface area contributed by atoms with Gasteiger partial charge < -0.3 is 10.2 Å². The van der Waals surface area contributed by atoms with Gasteiger partial charge in [0.15, 0.2) is 9.84 Å². The van der Waals surface area contributed by atoms with Gasteiger partial charge >= 0.3 is 0 Å². The Bertz CT molecular complexity index is 581. The lowest BCUT2D eigenvalue weighted by Crippen LogP contribution is -2.25. The summed E-state index contributed by atoms with van der Waals surface area (Å²) < 4.78 is 23.8. The minimum atomic E-state index is -3.28. The molecule has 1 aromatic carbocycles. The molecule has 0 bridgehead atoms. The van der Waals surface area contributed by atoms with Gasteiger partial charge in [0.05, 0.1) is 4.90 Å². The third-order valence-electron chi connectivity index (χ3n) is 3.02. The smallest absolute Gasteiger partial charge is 0.223 e. The minimum absolute atomic E-state index is 0.0143. The molecule has 1 aromatic rings. The first-order chi connectivity index (χ1) is 8.45. The second-order valence-corrected chi connectivity index (χ2v) is 6.31. The van der Waals surface area contributed by atoms with Gasteiger partial charge in [0.25, 0.3) is 0 Å². The molecule has 0 spiro atoms. The van der Waals surface area contributed by atoms with Crippen molar-refractivity contribution < 1.29 is 13.2 Å². The maximum atomic E-state index is 11.9. The second kappa shape index (κ2) is 4.70. The number of carbonyl (C=O) groups excluding carboxylic acids is 1. The highest BCUT2D eigenvalue weighted by molar-refractivity contribution is 7.91. The van der Waals surface area contributed by atoms with Crippen LogP contribution in [0.4, 0.5) is 5.69 Å². The molecule has 0 radical (unpaired) electrons. The maximum absolute atomic E-state index is 11.9. The van der Waals surface area contributed by atoms with Gasteiger partial charge in [-0.1, -0.05) is 0 Å². The number of rotatable bonds is 3. The summed E-state index contributed by atoms with van der Waals surface area (Å²) in [5.41, 5.74) is 1.74. The van der Waals surface area contributed by atoms with Crippen molar-refractivity contribution in [3.8, 4) is 0 Å². The minimum Gasteiger partial charge on any atom is -0.312 e. The molecule has 0 unspecified atom stereocenters. The van der Waals surface area contributed by atoms with Crippen LogP contribution < -0.4 is 10.2 Å². The summed E-state index contributed by atoms with van der Waals surface area (Å²) in [4.78, 5) is 13.4. The van der Waals surface area contributed by atoms with Gasteiger partial charge in [-0.25, -0.2) is 8.42 Å². The van der Waals surface area contributed by atoms with Crippen molar-refractivity contribution in [1.82, 2.24) is 5.32 Å². The zero-order valence-electron chi connectivity index (χ0n) is 10.4. The monoisotopic (exact) mass is 268 g/mol. The van der Waals surface area contributed by atoms with Crippen LogP contribution >= 0.6 is 0 Å². The fourth-order valence-electron chi connectivity index (χ4n) is 2.17. The largest absolute Gasteiger partial charge is 0.312 e. The molecule has 1 heterocycles. The molecule has 1 N–H and O–H groups in total. The Morgan fingerprint density at radius 2 is 2.17 bits per heavy atom. The van der Waals surface area contributed by atoms with Gasteiger partial charge in [0.2, 0.25) is 5.91 Å². The molecule has 1 aliphatic heterocycles. The maximum Gasteiger partial charge on any atom is 0.223 e.